The topological polar surface area (TPSA) is 37.3 Å². The Labute approximate surface area is 70.3 Å². The second-order valence-corrected chi connectivity index (χ2v) is 2.71. The molecule has 0 saturated carbocycles. The van der Waals surface area contributed by atoms with Crippen LogP contribution in [-0.4, -0.2) is 10.9 Å². The van der Waals surface area contributed by atoms with Gasteiger partial charge in [-0.3, -0.25) is 4.79 Å². The first-order chi connectivity index (χ1) is 5.13. The summed E-state index contributed by atoms with van der Waals surface area (Å²) in [6.45, 7) is 1.40. The van der Waals surface area contributed by atoms with E-state index in [1.807, 2.05) is 0 Å². The van der Waals surface area contributed by atoms with Crippen molar-refractivity contribution in [2.45, 2.75) is 11.8 Å². The molecule has 0 bridgehead atoms. The molecule has 0 unspecified atom stereocenters. The van der Waals surface area contributed by atoms with Gasteiger partial charge in [0.05, 0.1) is 5.56 Å². The first-order valence-electron chi connectivity index (χ1n) is 3.15. The molecule has 1 rings (SSSR count). The number of hydrogen-bond acceptors (Lipinski definition) is 3. The summed E-state index contributed by atoms with van der Waals surface area (Å²) >= 11 is 4.03. The highest BCUT2D eigenvalue weighted by Gasteiger charge is 2.08. The van der Waals surface area contributed by atoms with Gasteiger partial charge in [-0.15, -0.1) is 12.6 Å². The number of aromatic hydroxyl groups is 1. The molecule has 0 amide bonds. The van der Waals surface area contributed by atoms with E-state index in [9.17, 15) is 9.90 Å². The van der Waals surface area contributed by atoms with Gasteiger partial charge in [-0.2, -0.15) is 0 Å². The van der Waals surface area contributed by atoms with Gasteiger partial charge in [0.25, 0.3) is 0 Å². The lowest BCUT2D eigenvalue weighted by Gasteiger charge is -2.01. The minimum absolute atomic E-state index is 0.00926. The van der Waals surface area contributed by atoms with Crippen LogP contribution in [0, 0.1) is 0 Å². The first kappa shape index (κ1) is 8.14. The van der Waals surface area contributed by atoms with E-state index in [0.717, 1.165) is 0 Å². The van der Waals surface area contributed by atoms with Crippen LogP contribution >= 0.6 is 12.6 Å². The number of phenolic OH excluding ortho intramolecular Hbond substituents is 1. The fraction of sp³-hybridized carbons (Fsp3) is 0.125. The average Bonchev–Trinajstić information content (AvgIpc) is 1.85. The standard InChI is InChI=1S/C8H8O2S/c1-5(9)8-6(10)3-2-4-7(8)11/h2-4,10-11H,1H3. The third-order valence-corrected chi connectivity index (χ3v) is 1.75. The maximum Gasteiger partial charge on any atom is 0.164 e. The van der Waals surface area contributed by atoms with Gasteiger partial charge in [0.1, 0.15) is 5.75 Å². The molecule has 0 aliphatic rings. The first-order valence-corrected chi connectivity index (χ1v) is 3.59. The number of carbonyl (C=O) groups is 1. The molecule has 0 aliphatic carbocycles. The Bertz CT molecular complexity index is 274. The molecule has 0 spiro atoms. The lowest BCUT2D eigenvalue weighted by molar-refractivity contribution is 0.101. The molecule has 58 valence electrons. The summed E-state index contributed by atoms with van der Waals surface area (Å²) < 4.78 is 0. The van der Waals surface area contributed by atoms with E-state index in [2.05, 4.69) is 12.6 Å². The fourth-order valence-corrected chi connectivity index (χ4v) is 1.25. The molecule has 11 heavy (non-hydrogen) atoms. The predicted molar refractivity (Wildman–Crippen MR) is 45.4 cm³/mol. The van der Waals surface area contributed by atoms with Crippen LogP contribution in [0.3, 0.4) is 0 Å². The quantitative estimate of drug-likeness (QED) is 0.496. The van der Waals surface area contributed by atoms with Crippen LogP contribution in [0.25, 0.3) is 0 Å². The van der Waals surface area contributed by atoms with Crippen LogP contribution < -0.4 is 0 Å². The number of rotatable bonds is 1. The maximum atomic E-state index is 10.9. The van der Waals surface area contributed by atoms with Gasteiger partial charge in [0.15, 0.2) is 5.78 Å². The summed E-state index contributed by atoms with van der Waals surface area (Å²) in [5, 5.41) is 9.19. The Balaban J connectivity index is 3.32. The third-order valence-electron chi connectivity index (χ3n) is 1.37. The monoisotopic (exact) mass is 168 g/mol. The second kappa shape index (κ2) is 2.96. The van der Waals surface area contributed by atoms with E-state index in [4.69, 9.17) is 0 Å². The van der Waals surface area contributed by atoms with Crippen molar-refractivity contribution >= 4 is 18.4 Å². The van der Waals surface area contributed by atoms with E-state index < -0.39 is 0 Å². The van der Waals surface area contributed by atoms with Crippen LogP contribution in [0.5, 0.6) is 5.75 Å². The van der Waals surface area contributed by atoms with Gasteiger partial charge >= 0.3 is 0 Å². The van der Waals surface area contributed by atoms with Crippen LogP contribution in [0.4, 0.5) is 0 Å². The van der Waals surface area contributed by atoms with E-state index in [0.29, 0.717) is 4.90 Å². The highest BCUT2D eigenvalue weighted by molar-refractivity contribution is 7.80. The van der Waals surface area contributed by atoms with Gasteiger partial charge < -0.3 is 5.11 Å². The fourth-order valence-electron chi connectivity index (χ4n) is 0.889. The van der Waals surface area contributed by atoms with Crippen LogP contribution in [0.15, 0.2) is 23.1 Å². The number of ketones is 1. The smallest absolute Gasteiger partial charge is 0.164 e. The molecule has 1 aromatic rings. The third kappa shape index (κ3) is 1.54. The van der Waals surface area contributed by atoms with E-state index >= 15 is 0 Å². The second-order valence-electron chi connectivity index (χ2n) is 2.23. The Morgan fingerprint density at radius 2 is 2.18 bits per heavy atom. The van der Waals surface area contributed by atoms with E-state index in [-0.39, 0.29) is 17.1 Å². The number of benzene rings is 1. The molecule has 0 heterocycles. The number of hydrogen-bond donors (Lipinski definition) is 2. The molecule has 0 radical (unpaired) electrons. The van der Waals surface area contributed by atoms with E-state index in [1.165, 1.54) is 13.0 Å². The molecule has 1 aromatic carbocycles. The number of carbonyl (C=O) groups excluding carboxylic acids is 1. The van der Waals surface area contributed by atoms with Gasteiger partial charge in [-0.05, 0) is 19.1 Å². The Morgan fingerprint density at radius 3 is 2.55 bits per heavy atom. The van der Waals surface area contributed by atoms with Crippen molar-refractivity contribution < 1.29 is 9.90 Å². The molecule has 0 saturated heterocycles. The SMILES string of the molecule is CC(=O)c1c(O)cccc1S. The summed E-state index contributed by atoms with van der Waals surface area (Å²) in [4.78, 5) is 11.4. The average molecular weight is 168 g/mol. The lowest BCUT2D eigenvalue weighted by atomic mass is 10.1. The van der Waals surface area contributed by atoms with Crippen molar-refractivity contribution in [2.24, 2.45) is 0 Å². The van der Waals surface area contributed by atoms with Crippen molar-refractivity contribution in [3.63, 3.8) is 0 Å². The number of thiol groups is 1. The molecule has 0 aromatic heterocycles. The Kier molecular flexibility index (Phi) is 2.19. The minimum Gasteiger partial charge on any atom is -0.507 e. The van der Waals surface area contributed by atoms with Crippen molar-refractivity contribution in [3.8, 4) is 5.75 Å². The van der Waals surface area contributed by atoms with Crippen LogP contribution in [0.1, 0.15) is 17.3 Å². The molecule has 1 N–H and O–H groups in total. The highest BCUT2D eigenvalue weighted by atomic mass is 32.1. The molecule has 2 nitrogen and oxygen atoms in total. The van der Waals surface area contributed by atoms with Gasteiger partial charge in [0, 0.05) is 4.90 Å². The lowest BCUT2D eigenvalue weighted by Crippen LogP contribution is -1.93. The van der Waals surface area contributed by atoms with Crippen LogP contribution in [0.2, 0.25) is 0 Å². The molecular weight excluding hydrogens is 160 g/mol. The summed E-state index contributed by atoms with van der Waals surface area (Å²) in [7, 11) is 0. The normalized spacial score (nSPS) is 9.64. The molecule has 0 fully saturated rings. The van der Waals surface area contributed by atoms with Crippen LogP contribution in [-0.2, 0) is 0 Å². The van der Waals surface area contributed by atoms with Crippen molar-refractivity contribution in [1.82, 2.24) is 0 Å². The number of phenols is 1. The van der Waals surface area contributed by atoms with Gasteiger partial charge in [0.2, 0.25) is 0 Å². The Hall–Kier alpha value is -0.960. The zero-order chi connectivity index (χ0) is 8.43. The van der Waals surface area contributed by atoms with Gasteiger partial charge in [-0.1, -0.05) is 6.07 Å². The van der Waals surface area contributed by atoms with Crippen molar-refractivity contribution in [2.75, 3.05) is 0 Å². The summed E-state index contributed by atoms with van der Waals surface area (Å²) in [6, 6.07) is 4.78. The zero-order valence-electron chi connectivity index (χ0n) is 6.03. The number of Topliss-reactive ketones (excluding diaryl/α,β-unsaturated/α-hetero) is 1. The largest absolute Gasteiger partial charge is 0.507 e. The van der Waals surface area contributed by atoms with E-state index in [1.54, 1.807) is 12.1 Å². The summed E-state index contributed by atoms with van der Waals surface area (Å²) in [5.41, 5.74) is 0.288. The summed E-state index contributed by atoms with van der Waals surface area (Å²) in [6.07, 6.45) is 0. The molecule has 0 aliphatic heterocycles. The minimum atomic E-state index is -0.173. The molecule has 3 heteroatoms. The predicted octanol–water partition coefficient (Wildman–Crippen LogP) is 1.88. The van der Waals surface area contributed by atoms with Gasteiger partial charge in [-0.25, -0.2) is 0 Å². The molecular formula is C8H8O2S. The molecule has 0 atom stereocenters. The zero-order valence-corrected chi connectivity index (χ0v) is 6.93. The van der Waals surface area contributed by atoms with Crippen molar-refractivity contribution in [3.05, 3.63) is 23.8 Å². The highest BCUT2D eigenvalue weighted by Crippen LogP contribution is 2.23. The Morgan fingerprint density at radius 1 is 1.55 bits per heavy atom. The summed E-state index contributed by atoms with van der Waals surface area (Å²) in [5.74, 6) is -0.182. The maximum absolute atomic E-state index is 10.9. The van der Waals surface area contributed by atoms with Crippen molar-refractivity contribution in [1.29, 1.82) is 0 Å².